The fourth-order valence-electron chi connectivity index (χ4n) is 2.54. The molecule has 6 heteroatoms. The number of hydrogen-bond acceptors (Lipinski definition) is 4. The molecule has 1 saturated carbocycles. The molecule has 2 N–H and O–H groups in total. The second-order valence-corrected chi connectivity index (χ2v) is 6.95. The van der Waals surface area contributed by atoms with E-state index in [1.54, 1.807) is 0 Å². The molecule has 0 spiro atoms. The van der Waals surface area contributed by atoms with Gasteiger partial charge in [0.2, 0.25) is 5.91 Å². The molecule has 3 rings (SSSR count). The van der Waals surface area contributed by atoms with E-state index in [0.29, 0.717) is 12.5 Å². The van der Waals surface area contributed by atoms with Crippen LogP contribution in [-0.4, -0.2) is 27.6 Å². The van der Waals surface area contributed by atoms with E-state index in [-0.39, 0.29) is 11.8 Å². The second-order valence-electron chi connectivity index (χ2n) is 5.63. The molecule has 0 saturated heterocycles. The number of nitrogens with one attached hydrogen (secondary N) is 2. The predicted molar refractivity (Wildman–Crippen MR) is 82.4 cm³/mol. The van der Waals surface area contributed by atoms with Gasteiger partial charge in [-0.25, -0.2) is 4.98 Å². The lowest BCUT2D eigenvalue weighted by molar-refractivity contribution is -0.122. The zero-order valence-electron chi connectivity index (χ0n) is 12.3. The Labute approximate surface area is 128 Å². The van der Waals surface area contributed by atoms with Crippen LogP contribution < -0.4 is 5.32 Å². The number of aromatic amines is 1. The van der Waals surface area contributed by atoms with Crippen LogP contribution >= 0.6 is 11.3 Å². The van der Waals surface area contributed by atoms with Gasteiger partial charge in [0.1, 0.15) is 5.82 Å². The minimum absolute atomic E-state index is 0.175. The maximum Gasteiger partial charge on any atom is 0.223 e. The van der Waals surface area contributed by atoms with Crippen LogP contribution in [-0.2, 0) is 11.2 Å². The first kappa shape index (κ1) is 14.3. The van der Waals surface area contributed by atoms with Gasteiger partial charge in [0.25, 0.3) is 0 Å². The lowest BCUT2D eigenvalue weighted by Gasteiger charge is -2.03. The predicted octanol–water partition coefficient (Wildman–Crippen LogP) is 2.34. The van der Waals surface area contributed by atoms with E-state index >= 15 is 0 Å². The Kier molecular flexibility index (Phi) is 4.05. The Morgan fingerprint density at radius 1 is 1.48 bits per heavy atom. The molecule has 1 fully saturated rings. The molecule has 21 heavy (non-hydrogen) atoms. The standard InChI is InChI=1S/C15H20N4OS/c1-9-5-6-13(21-9)11-8-12(11)15(20)16-7-3-4-14-17-10(2)18-19-14/h5-6,11-12H,3-4,7-8H2,1-2H3,(H,16,20)(H,17,18,19). The lowest BCUT2D eigenvalue weighted by atomic mass is 10.2. The van der Waals surface area contributed by atoms with Crippen LogP contribution in [0.5, 0.6) is 0 Å². The molecule has 5 nitrogen and oxygen atoms in total. The fourth-order valence-corrected chi connectivity index (χ4v) is 3.60. The summed E-state index contributed by atoms with van der Waals surface area (Å²) in [5, 5.41) is 9.94. The van der Waals surface area contributed by atoms with Crippen molar-refractivity contribution in [2.24, 2.45) is 5.92 Å². The number of rotatable bonds is 6. The Balaban J connectivity index is 1.38. The number of thiophene rings is 1. The van der Waals surface area contributed by atoms with Crippen molar-refractivity contribution in [1.29, 1.82) is 0 Å². The van der Waals surface area contributed by atoms with Crippen molar-refractivity contribution in [3.05, 3.63) is 33.5 Å². The van der Waals surface area contributed by atoms with E-state index < -0.39 is 0 Å². The van der Waals surface area contributed by atoms with Gasteiger partial charge in [-0.1, -0.05) is 0 Å². The molecule has 0 aliphatic heterocycles. The van der Waals surface area contributed by atoms with Crippen LogP contribution in [0.3, 0.4) is 0 Å². The third kappa shape index (κ3) is 3.50. The van der Waals surface area contributed by atoms with Gasteiger partial charge in [0.05, 0.1) is 0 Å². The number of carbonyl (C=O) groups excluding carboxylic acids is 1. The zero-order chi connectivity index (χ0) is 14.8. The van der Waals surface area contributed by atoms with Crippen LogP contribution in [0.1, 0.15) is 40.2 Å². The molecule has 1 aliphatic rings. The van der Waals surface area contributed by atoms with Gasteiger partial charge in [-0.05, 0) is 38.8 Å². The van der Waals surface area contributed by atoms with Crippen LogP contribution in [0.2, 0.25) is 0 Å². The van der Waals surface area contributed by atoms with E-state index in [1.165, 1.54) is 9.75 Å². The minimum atomic E-state index is 0.175. The second kappa shape index (κ2) is 5.97. The largest absolute Gasteiger partial charge is 0.356 e. The van der Waals surface area contributed by atoms with Crippen LogP contribution in [0.4, 0.5) is 0 Å². The van der Waals surface area contributed by atoms with Gasteiger partial charge >= 0.3 is 0 Å². The lowest BCUT2D eigenvalue weighted by Crippen LogP contribution is -2.26. The third-order valence-electron chi connectivity index (χ3n) is 3.77. The highest BCUT2D eigenvalue weighted by Crippen LogP contribution is 2.49. The molecule has 0 aromatic carbocycles. The quantitative estimate of drug-likeness (QED) is 0.805. The Hall–Kier alpha value is -1.69. The number of aromatic nitrogens is 3. The molecule has 0 radical (unpaired) electrons. The maximum absolute atomic E-state index is 12.1. The average Bonchev–Trinajstić information content (AvgIpc) is 2.98. The topological polar surface area (TPSA) is 70.7 Å². The zero-order valence-corrected chi connectivity index (χ0v) is 13.2. The highest BCUT2D eigenvalue weighted by atomic mass is 32.1. The Morgan fingerprint density at radius 3 is 3.00 bits per heavy atom. The van der Waals surface area contributed by atoms with E-state index in [2.05, 4.69) is 39.6 Å². The molecule has 112 valence electrons. The number of carbonyl (C=O) groups is 1. The first-order valence-electron chi connectivity index (χ1n) is 7.35. The molecule has 2 atom stereocenters. The molecular weight excluding hydrogens is 284 g/mol. The van der Waals surface area contributed by atoms with Crippen molar-refractivity contribution in [3.8, 4) is 0 Å². The summed E-state index contributed by atoms with van der Waals surface area (Å²) in [5.74, 6) is 2.46. The summed E-state index contributed by atoms with van der Waals surface area (Å²) in [6, 6.07) is 4.29. The SMILES string of the molecule is Cc1nc(CCCNC(=O)C2CC2c2ccc(C)s2)n[nH]1. The van der Waals surface area contributed by atoms with Crippen molar-refractivity contribution < 1.29 is 4.79 Å². The average molecular weight is 304 g/mol. The van der Waals surface area contributed by atoms with Crippen molar-refractivity contribution in [3.63, 3.8) is 0 Å². The monoisotopic (exact) mass is 304 g/mol. The van der Waals surface area contributed by atoms with Gasteiger partial charge in [-0.3, -0.25) is 9.89 Å². The first-order valence-corrected chi connectivity index (χ1v) is 8.17. The number of aryl methyl sites for hydroxylation is 3. The van der Waals surface area contributed by atoms with Crippen molar-refractivity contribution in [1.82, 2.24) is 20.5 Å². The highest BCUT2D eigenvalue weighted by Gasteiger charge is 2.44. The summed E-state index contributed by atoms with van der Waals surface area (Å²) in [4.78, 5) is 19.0. The minimum Gasteiger partial charge on any atom is -0.356 e. The normalized spacial score (nSPS) is 20.5. The molecule has 2 aromatic rings. The van der Waals surface area contributed by atoms with Gasteiger partial charge in [-0.2, -0.15) is 5.10 Å². The van der Waals surface area contributed by atoms with Crippen LogP contribution in [0.25, 0.3) is 0 Å². The summed E-state index contributed by atoms with van der Waals surface area (Å²) in [6.45, 7) is 4.69. The molecule has 1 aliphatic carbocycles. The van der Waals surface area contributed by atoms with Crippen LogP contribution in [0, 0.1) is 19.8 Å². The number of amides is 1. The van der Waals surface area contributed by atoms with E-state index in [0.717, 1.165) is 30.9 Å². The third-order valence-corrected chi connectivity index (χ3v) is 4.91. The maximum atomic E-state index is 12.1. The van der Waals surface area contributed by atoms with E-state index in [4.69, 9.17) is 0 Å². The fraction of sp³-hybridized carbons (Fsp3) is 0.533. The number of hydrogen-bond donors (Lipinski definition) is 2. The summed E-state index contributed by atoms with van der Waals surface area (Å²) >= 11 is 1.81. The first-order chi connectivity index (χ1) is 10.1. The van der Waals surface area contributed by atoms with Gasteiger partial charge in [-0.15, -0.1) is 11.3 Å². The number of nitrogens with zero attached hydrogens (tertiary/aromatic N) is 2. The molecule has 2 aromatic heterocycles. The van der Waals surface area contributed by atoms with Crippen LogP contribution in [0.15, 0.2) is 12.1 Å². The summed E-state index contributed by atoms with van der Waals surface area (Å²) in [5.41, 5.74) is 0. The van der Waals surface area contributed by atoms with Crippen molar-refractivity contribution >= 4 is 17.2 Å². The molecule has 2 heterocycles. The summed E-state index contributed by atoms with van der Waals surface area (Å²) in [6.07, 6.45) is 2.66. The van der Waals surface area contributed by atoms with E-state index in [9.17, 15) is 4.79 Å². The van der Waals surface area contributed by atoms with Gasteiger partial charge in [0, 0.05) is 34.6 Å². The van der Waals surface area contributed by atoms with Gasteiger partial charge in [0.15, 0.2) is 5.82 Å². The smallest absolute Gasteiger partial charge is 0.223 e. The highest BCUT2D eigenvalue weighted by molar-refractivity contribution is 7.12. The summed E-state index contributed by atoms with van der Waals surface area (Å²) < 4.78 is 0. The summed E-state index contributed by atoms with van der Waals surface area (Å²) in [7, 11) is 0. The Bertz CT molecular complexity index is 633. The Morgan fingerprint density at radius 2 is 2.33 bits per heavy atom. The molecule has 1 amide bonds. The van der Waals surface area contributed by atoms with E-state index in [1.807, 2.05) is 18.3 Å². The van der Waals surface area contributed by atoms with Crippen molar-refractivity contribution in [2.75, 3.05) is 6.54 Å². The molecule has 0 bridgehead atoms. The van der Waals surface area contributed by atoms with Crippen molar-refractivity contribution in [2.45, 2.75) is 39.0 Å². The molecular formula is C15H20N4OS. The molecule has 2 unspecified atom stereocenters. The number of H-pyrrole nitrogens is 1. The van der Waals surface area contributed by atoms with Gasteiger partial charge < -0.3 is 5.32 Å².